The summed E-state index contributed by atoms with van der Waals surface area (Å²) >= 11 is 6.11. The summed E-state index contributed by atoms with van der Waals surface area (Å²) in [5.41, 5.74) is 1.12. The second-order valence-electron chi connectivity index (χ2n) is 8.43. The first-order valence-electron chi connectivity index (χ1n) is 11.5. The van der Waals surface area contributed by atoms with Crippen LogP contribution in [0.4, 0.5) is 0 Å². The fourth-order valence-corrected chi connectivity index (χ4v) is 4.19. The molecule has 3 atom stereocenters. The standard InChI is InChI=1S/C27H26ClN2O5P/c28-23-12-19(8-10-26(23)36)33-16-17(13-29)14-30-15-21-6-5-18-11-20(7-9-24(18)35-21)34-25-4-2-1-3-22(25)27(31)32/h1-4,7-12,17,21,30H,5-6,14-16,36H2,(H,31,32). The summed E-state index contributed by atoms with van der Waals surface area (Å²) < 4.78 is 17.7. The van der Waals surface area contributed by atoms with E-state index >= 15 is 0 Å². The van der Waals surface area contributed by atoms with E-state index in [1.165, 1.54) is 6.07 Å². The van der Waals surface area contributed by atoms with E-state index in [2.05, 4.69) is 20.6 Å². The van der Waals surface area contributed by atoms with Crippen molar-refractivity contribution in [2.24, 2.45) is 5.92 Å². The van der Waals surface area contributed by atoms with E-state index in [4.69, 9.17) is 25.8 Å². The average molecular weight is 525 g/mol. The summed E-state index contributed by atoms with van der Waals surface area (Å²) in [7, 11) is 2.55. The largest absolute Gasteiger partial charge is 0.492 e. The van der Waals surface area contributed by atoms with Crippen LogP contribution < -0.4 is 24.8 Å². The quantitative estimate of drug-likeness (QED) is 0.366. The molecule has 3 aromatic rings. The van der Waals surface area contributed by atoms with Crippen molar-refractivity contribution in [3.05, 3.63) is 76.8 Å². The topological polar surface area (TPSA) is 101 Å². The number of benzene rings is 3. The molecular weight excluding hydrogens is 499 g/mol. The van der Waals surface area contributed by atoms with Crippen LogP contribution in [-0.4, -0.2) is 36.9 Å². The van der Waals surface area contributed by atoms with Gasteiger partial charge in [0.2, 0.25) is 0 Å². The number of hydrogen-bond acceptors (Lipinski definition) is 6. The molecule has 2 N–H and O–H groups in total. The molecule has 0 radical (unpaired) electrons. The molecule has 3 unspecified atom stereocenters. The second-order valence-corrected chi connectivity index (χ2v) is 9.46. The molecule has 0 saturated carbocycles. The minimum absolute atomic E-state index is 0.0225. The first kappa shape index (κ1) is 25.8. The molecule has 1 aliphatic heterocycles. The molecule has 0 spiro atoms. The van der Waals surface area contributed by atoms with Gasteiger partial charge in [-0.3, -0.25) is 0 Å². The van der Waals surface area contributed by atoms with Crippen LogP contribution in [0, 0.1) is 17.2 Å². The lowest BCUT2D eigenvalue weighted by Gasteiger charge is -2.27. The Labute approximate surface area is 217 Å². The van der Waals surface area contributed by atoms with Crippen molar-refractivity contribution in [1.82, 2.24) is 5.32 Å². The highest BCUT2D eigenvalue weighted by Gasteiger charge is 2.21. The van der Waals surface area contributed by atoms with Gasteiger partial charge in [0.05, 0.1) is 17.0 Å². The SMILES string of the molecule is N#CC(CNCC1CCc2cc(Oc3ccccc3C(=O)O)ccc2O1)COc1ccc(P)c(Cl)c1. The molecule has 0 saturated heterocycles. The Morgan fingerprint density at radius 3 is 2.81 bits per heavy atom. The number of nitrogens with one attached hydrogen (secondary N) is 1. The van der Waals surface area contributed by atoms with Crippen LogP contribution in [0.1, 0.15) is 22.3 Å². The first-order chi connectivity index (χ1) is 17.4. The normalized spacial score (nSPS) is 15.2. The van der Waals surface area contributed by atoms with E-state index in [0.717, 1.165) is 29.5 Å². The summed E-state index contributed by atoms with van der Waals surface area (Å²) in [6.07, 6.45) is 1.59. The number of aryl methyl sites for hydroxylation is 1. The van der Waals surface area contributed by atoms with Gasteiger partial charge >= 0.3 is 5.97 Å². The predicted molar refractivity (Wildman–Crippen MR) is 141 cm³/mol. The Hall–Kier alpha value is -3.30. The molecule has 0 bridgehead atoms. The van der Waals surface area contributed by atoms with Crippen molar-refractivity contribution in [2.75, 3.05) is 19.7 Å². The van der Waals surface area contributed by atoms with Gasteiger partial charge in [-0.25, -0.2) is 4.79 Å². The third kappa shape index (κ3) is 6.67. The number of fused-ring (bicyclic) bond motifs is 1. The maximum absolute atomic E-state index is 11.4. The van der Waals surface area contributed by atoms with Gasteiger partial charge in [0.15, 0.2) is 0 Å². The zero-order chi connectivity index (χ0) is 25.5. The smallest absolute Gasteiger partial charge is 0.339 e. The predicted octanol–water partition coefficient (Wildman–Crippen LogP) is 4.83. The molecular formula is C27H26ClN2O5P. The molecule has 4 rings (SSSR count). The summed E-state index contributed by atoms with van der Waals surface area (Å²) in [6.45, 7) is 1.35. The van der Waals surface area contributed by atoms with Gasteiger partial charge in [-0.1, -0.05) is 23.7 Å². The number of carbonyl (C=O) groups is 1. The van der Waals surface area contributed by atoms with Gasteiger partial charge < -0.3 is 24.6 Å². The Bertz CT molecular complexity index is 1280. The number of nitriles is 1. The Morgan fingerprint density at radius 1 is 1.22 bits per heavy atom. The van der Waals surface area contributed by atoms with Crippen LogP contribution in [0.15, 0.2) is 60.7 Å². The van der Waals surface area contributed by atoms with E-state index < -0.39 is 5.97 Å². The molecule has 186 valence electrons. The Kier molecular flexibility index (Phi) is 8.66. The van der Waals surface area contributed by atoms with Gasteiger partial charge in [0.25, 0.3) is 0 Å². The van der Waals surface area contributed by atoms with Crippen LogP contribution in [0.25, 0.3) is 0 Å². The molecule has 7 nitrogen and oxygen atoms in total. The number of carboxylic acid groups (broad SMARTS) is 1. The molecule has 1 aliphatic rings. The first-order valence-corrected chi connectivity index (χ1v) is 12.5. The van der Waals surface area contributed by atoms with E-state index in [0.29, 0.717) is 35.4 Å². The van der Waals surface area contributed by atoms with Crippen molar-refractivity contribution in [3.63, 3.8) is 0 Å². The number of ether oxygens (including phenoxy) is 3. The molecule has 1 heterocycles. The van der Waals surface area contributed by atoms with E-state index in [1.807, 2.05) is 24.3 Å². The number of para-hydroxylation sites is 1. The lowest BCUT2D eigenvalue weighted by Crippen LogP contribution is -2.37. The molecule has 36 heavy (non-hydrogen) atoms. The van der Waals surface area contributed by atoms with Gasteiger partial charge in [-0.15, -0.1) is 9.24 Å². The number of aromatic carboxylic acids is 1. The highest BCUT2D eigenvalue weighted by molar-refractivity contribution is 7.28. The van der Waals surface area contributed by atoms with Crippen LogP contribution >= 0.6 is 20.8 Å². The second kappa shape index (κ2) is 12.1. The third-order valence-corrected chi connectivity index (χ3v) is 6.79. The van der Waals surface area contributed by atoms with Gasteiger partial charge in [-0.2, -0.15) is 5.26 Å². The maximum Gasteiger partial charge on any atom is 0.339 e. The van der Waals surface area contributed by atoms with E-state index in [1.54, 1.807) is 30.3 Å². The summed E-state index contributed by atoms with van der Waals surface area (Å²) in [6, 6.07) is 19.7. The lowest BCUT2D eigenvalue weighted by molar-refractivity contribution is 0.0694. The van der Waals surface area contributed by atoms with Crippen molar-refractivity contribution in [1.29, 1.82) is 5.26 Å². The van der Waals surface area contributed by atoms with E-state index in [-0.39, 0.29) is 24.2 Å². The van der Waals surface area contributed by atoms with Gasteiger partial charge in [-0.05, 0) is 72.2 Å². The summed E-state index contributed by atoms with van der Waals surface area (Å²) in [5.74, 6) is 0.919. The number of hydrogen-bond donors (Lipinski definition) is 2. The number of halogens is 1. The molecule has 0 amide bonds. The monoisotopic (exact) mass is 524 g/mol. The zero-order valence-electron chi connectivity index (χ0n) is 19.4. The number of rotatable bonds is 10. The van der Waals surface area contributed by atoms with Crippen LogP contribution in [0.3, 0.4) is 0 Å². The summed E-state index contributed by atoms with van der Waals surface area (Å²) in [5, 5.41) is 23.6. The molecule has 0 aliphatic carbocycles. The lowest BCUT2D eigenvalue weighted by atomic mass is 10.0. The van der Waals surface area contributed by atoms with Crippen molar-refractivity contribution in [2.45, 2.75) is 18.9 Å². The number of nitrogens with zero attached hydrogens (tertiary/aromatic N) is 1. The van der Waals surface area contributed by atoms with Crippen molar-refractivity contribution >= 4 is 32.1 Å². The van der Waals surface area contributed by atoms with Crippen molar-refractivity contribution < 1.29 is 24.1 Å². The van der Waals surface area contributed by atoms with Gasteiger partial charge in [0, 0.05) is 13.1 Å². The zero-order valence-corrected chi connectivity index (χ0v) is 21.4. The fraction of sp³-hybridized carbons (Fsp3) is 0.259. The minimum Gasteiger partial charge on any atom is -0.492 e. The van der Waals surface area contributed by atoms with Crippen LogP contribution in [0.2, 0.25) is 5.02 Å². The van der Waals surface area contributed by atoms with Crippen molar-refractivity contribution in [3.8, 4) is 29.1 Å². The highest BCUT2D eigenvalue weighted by atomic mass is 35.5. The molecule has 9 heteroatoms. The third-order valence-electron chi connectivity index (χ3n) is 5.77. The van der Waals surface area contributed by atoms with Gasteiger partial charge in [0.1, 0.15) is 41.3 Å². The summed E-state index contributed by atoms with van der Waals surface area (Å²) in [4.78, 5) is 11.4. The molecule has 3 aromatic carbocycles. The average Bonchev–Trinajstić information content (AvgIpc) is 2.88. The number of carboxylic acids is 1. The minimum atomic E-state index is -1.04. The highest BCUT2D eigenvalue weighted by Crippen LogP contribution is 2.33. The van der Waals surface area contributed by atoms with E-state index in [9.17, 15) is 15.2 Å². The molecule has 0 aromatic heterocycles. The molecule has 0 fully saturated rings. The fourth-order valence-electron chi connectivity index (χ4n) is 3.84. The van der Waals surface area contributed by atoms with Crippen LogP contribution in [0.5, 0.6) is 23.0 Å². The van der Waals surface area contributed by atoms with Crippen LogP contribution in [-0.2, 0) is 6.42 Å². The Morgan fingerprint density at radius 2 is 2.03 bits per heavy atom. The Balaban J connectivity index is 1.26. The maximum atomic E-state index is 11.4.